The van der Waals surface area contributed by atoms with Gasteiger partial charge in [0.1, 0.15) is 18.3 Å². The first kappa shape index (κ1) is 47.0. The fourth-order valence-electron chi connectivity index (χ4n) is 5.47. The van der Waals surface area contributed by atoms with E-state index in [-0.39, 0.29) is 23.4 Å². The molecule has 0 spiro atoms. The molecule has 0 radical (unpaired) electrons. The molecule has 0 aromatic heterocycles. The van der Waals surface area contributed by atoms with Crippen molar-refractivity contribution in [2.75, 3.05) is 13.6 Å². The van der Waals surface area contributed by atoms with Gasteiger partial charge in [-0.25, -0.2) is 9.59 Å². The van der Waals surface area contributed by atoms with E-state index in [0.29, 0.717) is 5.92 Å². The monoisotopic (exact) mass is 741 g/mol. The summed E-state index contributed by atoms with van der Waals surface area (Å²) in [7, 11) is 1.82. The number of carbonyl (C=O) groups is 2. The van der Waals surface area contributed by atoms with Gasteiger partial charge in [0, 0.05) is 25.1 Å². The number of aliphatic hydroxyl groups is 3. The van der Waals surface area contributed by atoms with Crippen molar-refractivity contribution in [2.45, 2.75) is 110 Å². The van der Waals surface area contributed by atoms with Gasteiger partial charge in [-0.3, -0.25) is 5.41 Å². The van der Waals surface area contributed by atoms with Crippen LogP contribution in [0.3, 0.4) is 0 Å². The van der Waals surface area contributed by atoms with E-state index < -0.39 is 48.7 Å². The Morgan fingerprint density at radius 3 is 2.09 bits per heavy atom. The molecule has 1 rings (SSSR count). The molecule has 9 atom stereocenters. The average Bonchev–Trinajstić information content (AvgIpc) is 3.10. The molecule has 53 heavy (non-hydrogen) atoms. The summed E-state index contributed by atoms with van der Waals surface area (Å²) in [6.45, 7) is 10.4. The van der Waals surface area contributed by atoms with Gasteiger partial charge in [0.15, 0.2) is 18.4 Å². The zero-order valence-electron chi connectivity index (χ0n) is 32.1. The molecule has 296 valence electrons. The molecule has 1 heterocycles. The minimum atomic E-state index is -1.81. The Bertz CT molecular complexity index is 1380. The van der Waals surface area contributed by atoms with Crippen LogP contribution in [0.25, 0.3) is 0 Å². The summed E-state index contributed by atoms with van der Waals surface area (Å²) in [5, 5.41) is 57.0. The Hall–Kier alpha value is -4.07. The SMILES string of the molecule is C\C(=C/C=C/C=C/C=C/C=C/C(C)C(OC1OC(C(=O)O)C(O)C(O)C1O)/C(C)=C/C(C)CCC/C=C/C(C)C/C=C/CCCN(C)C(=N)N)C(=O)O. The number of carboxylic acids is 2. The summed E-state index contributed by atoms with van der Waals surface area (Å²) in [4.78, 5) is 24.3. The number of aliphatic hydroxyl groups excluding tert-OH is 3. The molecule has 1 fully saturated rings. The van der Waals surface area contributed by atoms with Gasteiger partial charge in [-0.1, -0.05) is 106 Å². The predicted molar refractivity (Wildman–Crippen MR) is 209 cm³/mol. The summed E-state index contributed by atoms with van der Waals surface area (Å²) >= 11 is 0. The number of guanidine groups is 1. The highest BCUT2D eigenvalue weighted by molar-refractivity contribution is 5.86. The van der Waals surface area contributed by atoms with Crippen LogP contribution in [0.1, 0.15) is 73.1 Å². The second-order valence-electron chi connectivity index (χ2n) is 13.7. The van der Waals surface area contributed by atoms with Crippen LogP contribution < -0.4 is 5.73 Å². The fraction of sp³-hybridized carbons (Fsp3) is 0.537. The third kappa shape index (κ3) is 19.0. The van der Waals surface area contributed by atoms with Crippen LogP contribution in [0.4, 0.5) is 0 Å². The second-order valence-corrected chi connectivity index (χ2v) is 13.7. The number of nitrogens with one attached hydrogen (secondary N) is 1. The van der Waals surface area contributed by atoms with Gasteiger partial charge in [0.05, 0.1) is 6.10 Å². The molecule has 12 nitrogen and oxygen atoms in total. The molecule has 1 saturated heterocycles. The van der Waals surface area contributed by atoms with Crippen LogP contribution in [-0.2, 0) is 19.1 Å². The number of unbranched alkanes of at least 4 members (excludes halogenated alkanes) is 2. The Morgan fingerprint density at radius 2 is 1.47 bits per heavy atom. The Labute approximate surface area is 315 Å². The number of nitrogens with two attached hydrogens (primary N) is 1. The molecule has 0 saturated carbocycles. The van der Waals surface area contributed by atoms with E-state index in [4.69, 9.17) is 25.7 Å². The number of hydrogen-bond donors (Lipinski definition) is 7. The highest BCUT2D eigenvalue weighted by Gasteiger charge is 2.48. The molecule has 1 aliphatic rings. The number of allylic oxidation sites excluding steroid dienone is 13. The van der Waals surface area contributed by atoms with Gasteiger partial charge in [-0.05, 0) is 69.8 Å². The molecule has 0 aromatic rings. The number of rotatable bonds is 23. The molecule has 0 aromatic carbocycles. The number of carboxylic acid groups (broad SMARTS) is 2. The lowest BCUT2D eigenvalue weighted by Crippen LogP contribution is -2.61. The number of hydrogen-bond acceptors (Lipinski definition) is 8. The van der Waals surface area contributed by atoms with Gasteiger partial charge in [0.2, 0.25) is 0 Å². The summed E-state index contributed by atoms with van der Waals surface area (Å²) < 4.78 is 11.6. The van der Waals surface area contributed by atoms with Crippen molar-refractivity contribution < 1.29 is 44.6 Å². The lowest BCUT2D eigenvalue weighted by atomic mass is 9.92. The summed E-state index contributed by atoms with van der Waals surface area (Å²) in [6, 6.07) is 0. The third-order valence-corrected chi connectivity index (χ3v) is 8.78. The molecule has 0 aliphatic carbocycles. The smallest absolute Gasteiger partial charge is 0.335 e. The Kier molecular flexibility index (Phi) is 22.9. The van der Waals surface area contributed by atoms with E-state index in [1.807, 2.05) is 39.1 Å². The zero-order chi connectivity index (χ0) is 39.9. The van der Waals surface area contributed by atoms with E-state index in [1.54, 1.807) is 35.3 Å². The van der Waals surface area contributed by atoms with E-state index >= 15 is 0 Å². The van der Waals surface area contributed by atoms with Crippen molar-refractivity contribution in [3.63, 3.8) is 0 Å². The quantitative estimate of drug-likeness (QED) is 0.0170. The van der Waals surface area contributed by atoms with Gasteiger partial charge in [0.25, 0.3) is 0 Å². The molecule has 9 unspecified atom stereocenters. The van der Waals surface area contributed by atoms with E-state index in [9.17, 15) is 30.0 Å². The molecular weight excluding hydrogens is 678 g/mol. The predicted octanol–water partition coefficient (Wildman–Crippen LogP) is 5.65. The van der Waals surface area contributed by atoms with Crippen LogP contribution >= 0.6 is 0 Å². The summed E-state index contributed by atoms with van der Waals surface area (Å²) in [6.07, 6.45) is 23.2. The molecule has 8 N–H and O–H groups in total. The van der Waals surface area contributed by atoms with Gasteiger partial charge >= 0.3 is 11.9 Å². The van der Waals surface area contributed by atoms with Crippen LogP contribution in [-0.4, -0.2) is 98.7 Å². The Morgan fingerprint density at radius 1 is 0.849 bits per heavy atom. The topological polar surface area (TPSA) is 207 Å². The number of aliphatic carboxylic acids is 2. The Balaban J connectivity index is 2.88. The van der Waals surface area contributed by atoms with Crippen LogP contribution in [0.5, 0.6) is 0 Å². The largest absolute Gasteiger partial charge is 0.479 e. The maximum atomic E-state index is 11.7. The zero-order valence-corrected chi connectivity index (χ0v) is 32.1. The van der Waals surface area contributed by atoms with Gasteiger partial charge in [-0.15, -0.1) is 0 Å². The van der Waals surface area contributed by atoms with Crippen LogP contribution in [0.2, 0.25) is 0 Å². The van der Waals surface area contributed by atoms with Crippen molar-refractivity contribution in [3.8, 4) is 0 Å². The standard InChI is InChI=1S/C41H63N3O9/c1-28(21-15-12-13-20-26-44(6)41(42)43)22-16-14-17-23-29(2)27-32(5)36(52-40-35(47)33(45)34(46)37(53-40)39(50)51)30(3)24-18-10-8-7-9-11-19-25-31(4)38(48)49/h7-12,15-16,18-19,22,24-25,27-30,33-37,40,45-47H,13-14,17,20-21,23,26H2,1-6H3,(H3,42,43)(H,48,49)(H,50,51)/b9-7+,10-8+,15-12+,19-11+,22-16+,24-18+,31-25+,32-27+. The minimum absolute atomic E-state index is 0.0855. The normalized spacial score (nSPS) is 24.2. The van der Waals surface area contributed by atoms with Crippen molar-refractivity contribution in [1.82, 2.24) is 4.90 Å². The highest BCUT2D eigenvalue weighted by atomic mass is 16.7. The average molecular weight is 742 g/mol. The molecular formula is C41H63N3O9. The molecule has 0 bridgehead atoms. The second kappa shape index (κ2) is 25.8. The van der Waals surface area contributed by atoms with Gasteiger partial charge in [-0.2, -0.15) is 0 Å². The van der Waals surface area contributed by atoms with Crippen molar-refractivity contribution in [1.29, 1.82) is 5.41 Å². The first-order valence-corrected chi connectivity index (χ1v) is 18.3. The van der Waals surface area contributed by atoms with E-state index in [0.717, 1.165) is 50.6 Å². The highest BCUT2D eigenvalue weighted by Crippen LogP contribution is 2.29. The fourth-order valence-corrected chi connectivity index (χ4v) is 5.47. The van der Waals surface area contributed by atoms with E-state index in [1.165, 1.54) is 13.0 Å². The first-order chi connectivity index (χ1) is 25.1. The van der Waals surface area contributed by atoms with Crippen LogP contribution in [0.15, 0.2) is 96.2 Å². The van der Waals surface area contributed by atoms with Crippen molar-refractivity contribution >= 4 is 17.9 Å². The maximum absolute atomic E-state index is 11.7. The third-order valence-electron chi connectivity index (χ3n) is 8.78. The maximum Gasteiger partial charge on any atom is 0.335 e. The lowest BCUT2D eigenvalue weighted by molar-refractivity contribution is -0.303. The number of nitrogens with zero attached hydrogens (tertiary/aromatic N) is 1. The number of ether oxygens (including phenoxy) is 2. The van der Waals surface area contributed by atoms with Gasteiger partial charge < -0.3 is 45.6 Å². The molecule has 1 aliphatic heterocycles. The summed E-state index contributed by atoms with van der Waals surface area (Å²) in [5.74, 6) is -2.01. The molecule has 12 heteroatoms. The molecule has 0 amide bonds. The van der Waals surface area contributed by atoms with E-state index in [2.05, 4.69) is 44.2 Å². The van der Waals surface area contributed by atoms with Crippen molar-refractivity contribution in [2.24, 2.45) is 23.5 Å². The summed E-state index contributed by atoms with van der Waals surface area (Å²) in [5.41, 5.74) is 6.54. The lowest BCUT2D eigenvalue weighted by Gasteiger charge is -2.40. The minimum Gasteiger partial charge on any atom is -0.479 e. The van der Waals surface area contributed by atoms with Crippen LogP contribution in [0, 0.1) is 23.2 Å². The first-order valence-electron chi connectivity index (χ1n) is 18.3. The van der Waals surface area contributed by atoms with Crippen molar-refractivity contribution in [3.05, 3.63) is 96.2 Å².